The lowest BCUT2D eigenvalue weighted by atomic mass is 10.1. The largest absolute Gasteiger partial charge is 0.328 e. The molecule has 1 aromatic carbocycles. The second kappa shape index (κ2) is 6.01. The molecule has 2 atom stereocenters. The number of carbonyl (C=O) groups excluding carboxylic acids is 1. The SMILES string of the molecule is CCC(C)CN1CNC(Cc2ccccc2)C1=O. The van der Waals surface area contributed by atoms with Crippen molar-refractivity contribution >= 4 is 5.91 Å². The monoisotopic (exact) mass is 246 g/mol. The molecule has 0 aliphatic carbocycles. The number of hydrogen-bond acceptors (Lipinski definition) is 2. The van der Waals surface area contributed by atoms with Crippen LogP contribution >= 0.6 is 0 Å². The molecule has 0 radical (unpaired) electrons. The van der Waals surface area contributed by atoms with Crippen molar-refractivity contribution in [1.29, 1.82) is 0 Å². The molecule has 2 rings (SSSR count). The van der Waals surface area contributed by atoms with Gasteiger partial charge in [0.15, 0.2) is 0 Å². The molecule has 3 heteroatoms. The van der Waals surface area contributed by atoms with E-state index in [0.717, 1.165) is 19.4 Å². The molecule has 0 aromatic heterocycles. The maximum atomic E-state index is 12.2. The topological polar surface area (TPSA) is 32.3 Å². The summed E-state index contributed by atoms with van der Waals surface area (Å²) >= 11 is 0. The molecule has 0 saturated carbocycles. The number of benzene rings is 1. The zero-order chi connectivity index (χ0) is 13.0. The minimum absolute atomic E-state index is 0.0449. The van der Waals surface area contributed by atoms with Crippen LogP contribution in [0.1, 0.15) is 25.8 Å². The number of nitrogens with zero attached hydrogens (tertiary/aromatic N) is 1. The van der Waals surface area contributed by atoms with Crippen LogP contribution in [0.4, 0.5) is 0 Å². The van der Waals surface area contributed by atoms with Gasteiger partial charge in [-0.3, -0.25) is 10.1 Å². The predicted octanol–water partition coefficient (Wildman–Crippen LogP) is 2.03. The van der Waals surface area contributed by atoms with Crippen LogP contribution in [0.2, 0.25) is 0 Å². The zero-order valence-electron chi connectivity index (χ0n) is 11.2. The van der Waals surface area contributed by atoms with Crippen LogP contribution in [0.25, 0.3) is 0 Å². The number of hydrogen-bond donors (Lipinski definition) is 1. The molecule has 0 bridgehead atoms. The number of amides is 1. The Bertz CT molecular complexity index is 391. The van der Waals surface area contributed by atoms with Gasteiger partial charge in [0.25, 0.3) is 0 Å². The summed E-state index contributed by atoms with van der Waals surface area (Å²) in [7, 11) is 0. The maximum Gasteiger partial charge on any atom is 0.241 e. The van der Waals surface area contributed by atoms with E-state index in [1.165, 1.54) is 5.56 Å². The molecular formula is C15H22N2O. The van der Waals surface area contributed by atoms with E-state index < -0.39 is 0 Å². The molecule has 1 amide bonds. The zero-order valence-corrected chi connectivity index (χ0v) is 11.2. The van der Waals surface area contributed by atoms with Gasteiger partial charge in [0, 0.05) is 6.54 Å². The number of nitrogens with one attached hydrogen (secondary N) is 1. The highest BCUT2D eigenvalue weighted by atomic mass is 16.2. The normalized spacial score (nSPS) is 21.3. The molecule has 1 heterocycles. The van der Waals surface area contributed by atoms with Crippen LogP contribution in [0.3, 0.4) is 0 Å². The first-order valence-electron chi connectivity index (χ1n) is 6.76. The van der Waals surface area contributed by atoms with Crippen LogP contribution in [-0.4, -0.2) is 30.1 Å². The van der Waals surface area contributed by atoms with Gasteiger partial charge >= 0.3 is 0 Å². The first kappa shape index (κ1) is 13.1. The van der Waals surface area contributed by atoms with Crippen LogP contribution in [0, 0.1) is 5.92 Å². The summed E-state index contributed by atoms with van der Waals surface area (Å²) in [4.78, 5) is 14.2. The molecule has 18 heavy (non-hydrogen) atoms. The van der Waals surface area contributed by atoms with Gasteiger partial charge in [-0.25, -0.2) is 0 Å². The Morgan fingerprint density at radius 2 is 2.11 bits per heavy atom. The minimum atomic E-state index is -0.0449. The van der Waals surface area contributed by atoms with Crippen molar-refractivity contribution < 1.29 is 4.79 Å². The molecule has 1 aliphatic heterocycles. The van der Waals surface area contributed by atoms with Crippen molar-refractivity contribution in [2.24, 2.45) is 5.92 Å². The average molecular weight is 246 g/mol. The van der Waals surface area contributed by atoms with Gasteiger partial charge in [0.2, 0.25) is 5.91 Å². The summed E-state index contributed by atoms with van der Waals surface area (Å²) in [5, 5.41) is 3.31. The summed E-state index contributed by atoms with van der Waals surface area (Å²) in [6.07, 6.45) is 1.91. The fourth-order valence-corrected chi connectivity index (χ4v) is 2.28. The summed E-state index contributed by atoms with van der Waals surface area (Å²) in [5.41, 5.74) is 1.22. The Kier molecular flexibility index (Phi) is 4.37. The predicted molar refractivity (Wildman–Crippen MR) is 73.1 cm³/mol. The molecule has 1 aliphatic rings. The van der Waals surface area contributed by atoms with Crippen LogP contribution < -0.4 is 5.32 Å². The summed E-state index contributed by atoms with van der Waals surface area (Å²) in [5.74, 6) is 0.824. The molecule has 98 valence electrons. The smallest absolute Gasteiger partial charge is 0.241 e. The molecular weight excluding hydrogens is 224 g/mol. The van der Waals surface area contributed by atoms with E-state index >= 15 is 0 Å². The van der Waals surface area contributed by atoms with Crippen LogP contribution in [0.15, 0.2) is 30.3 Å². The van der Waals surface area contributed by atoms with Gasteiger partial charge in [-0.15, -0.1) is 0 Å². The van der Waals surface area contributed by atoms with E-state index in [1.54, 1.807) is 0 Å². The lowest BCUT2D eigenvalue weighted by Crippen LogP contribution is -2.34. The van der Waals surface area contributed by atoms with E-state index in [1.807, 2.05) is 23.1 Å². The quantitative estimate of drug-likeness (QED) is 0.862. The lowest BCUT2D eigenvalue weighted by Gasteiger charge is -2.19. The standard InChI is InChI=1S/C15H22N2O/c1-3-12(2)10-17-11-16-14(15(17)18)9-13-7-5-4-6-8-13/h4-8,12,14,16H,3,9-11H2,1-2H3. The molecule has 1 fully saturated rings. The maximum absolute atomic E-state index is 12.2. The third kappa shape index (κ3) is 3.10. The molecule has 1 N–H and O–H groups in total. The highest BCUT2D eigenvalue weighted by Crippen LogP contribution is 2.13. The number of rotatable bonds is 5. The second-order valence-electron chi connectivity index (χ2n) is 5.18. The van der Waals surface area contributed by atoms with E-state index in [9.17, 15) is 4.79 Å². The Balaban J connectivity index is 1.91. The van der Waals surface area contributed by atoms with Gasteiger partial charge in [-0.05, 0) is 17.9 Å². The second-order valence-corrected chi connectivity index (χ2v) is 5.18. The van der Waals surface area contributed by atoms with Crippen molar-refractivity contribution in [3.8, 4) is 0 Å². The summed E-state index contributed by atoms with van der Waals surface area (Å²) in [6, 6.07) is 10.1. The fourth-order valence-electron chi connectivity index (χ4n) is 2.28. The first-order chi connectivity index (χ1) is 8.70. The van der Waals surface area contributed by atoms with Crippen LogP contribution in [-0.2, 0) is 11.2 Å². The van der Waals surface area contributed by atoms with Gasteiger partial charge in [0.1, 0.15) is 0 Å². The molecule has 2 unspecified atom stereocenters. The van der Waals surface area contributed by atoms with Crippen molar-refractivity contribution in [2.75, 3.05) is 13.2 Å². The molecule has 1 saturated heterocycles. The highest BCUT2D eigenvalue weighted by Gasteiger charge is 2.31. The van der Waals surface area contributed by atoms with Crippen molar-refractivity contribution in [3.05, 3.63) is 35.9 Å². The van der Waals surface area contributed by atoms with Gasteiger partial charge in [-0.1, -0.05) is 50.6 Å². The molecule has 0 spiro atoms. The third-order valence-electron chi connectivity index (χ3n) is 3.65. The summed E-state index contributed by atoms with van der Waals surface area (Å²) in [6.45, 7) is 5.92. The van der Waals surface area contributed by atoms with E-state index in [4.69, 9.17) is 0 Å². The van der Waals surface area contributed by atoms with Gasteiger partial charge < -0.3 is 4.90 Å². The molecule has 1 aromatic rings. The number of carbonyl (C=O) groups is 1. The van der Waals surface area contributed by atoms with Crippen molar-refractivity contribution in [3.63, 3.8) is 0 Å². The third-order valence-corrected chi connectivity index (χ3v) is 3.65. The van der Waals surface area contributed by atoms with Crippen molar-refractivity contribution in [2.45, 2.75) is 32.7 Å². The van der Waals surface area contributed by atoms with E-state index in [2.05, 4.69) is 31.3 Å². The lowest BCUT2D eigenvalue weighted by molar-refractivity contribution is -0.129. The highest BCUT2D eigenvalue weighted by molar-refractivity contribution is 5.84. The van der Waals surface area contributed by atoms with Gasteiger partial charge in [-0.2, -0.15) is 0 Å². The fraction of sp³-hybridized carbons (Fsp3) is 0.533. The Labute approximate surface area is 109 Å². The Hall–Kier alpha value is -1.35. The first-order valence-corrected chi connectivity index (χ1v) is 6.76. The summed E-state index contributed by atoms with van der Waals surface area (Å²) < 4.78 is 0. The van der Waals surface area contributed by atoms with Gasteiger partial charge in [0.05, 0.1) is 12.7 Å². The van der Waals surface area contributed by atoms with E-state index in [-0.39, 0.29) is 11.9 Å². The Morgan fingerprint density at radius 3 is 2.78 bits per heavy atom. The average Bonchev–Trinajstić information content (AvgIpc) is 2.73. The van der Waals surface area contributed by atoms with Crippen LogP contribution in [0.5, 0.6) is 0 Å². The van der Waals surface area contributed by atoms with E-state index in [0.29, 0.717) is 12.6 Å². The van der Waals surface area contributed by atoms with Crippen molar-refractivity contribution in [1.82, 2.24) is 10.2 Å². The molecule has 3 nitrogen and oxygen atoms in total. The minimum Gasteiger partial charge on any atom is -0.328 e. The Morgan fingerprint density at radius 1 is 1.39 bits per heavy atom.